The predicted octanol–water partition coefficient (Wildman–Crippen LogP) is 0.522. The summed E-state index contributed by atoms with van der Waals surface area (Å²) in [7, 11) is 0. The van der Waals surface area contributed by atoms with E-state index in [-0.39, 0.29) is 18.1 Å². The molecule has 0 radical (unpaired) electrons. The van der Waals surface area contributed by atoms with Crippen molar-refractivity contribution < 1.29 is 14.7 Å². The van der Waals surface area contributed by atoms with Crippen LogP contribution in [0.1, 0.15) is 39.5 Å². The number of rotatable bonds is 6. The number of ketones is 1. The first-order valence-electron chi connectivity index (χ1n) is 4.28. The first-order chi connectivity index (χ1) is 5.57. The number of hydrogen-bond donors (Lipinski definition) is 0. The summed E-state index contributed by atoms with van der Waals surface area (Å²) in [6.07, 6.45) is 2.11. The van der Waals surface area contributed by atoms with Crippen molar-refractivity contribution in [2.45, 2.75) is 39.5 Å². The zero-order valence-electron chi connectivity index (χ0n) is 7.63. The van der Waals surface area contributed by atoms with Crippen molar-refractivity contribution in [3.05, 3.63) is 0 Å². The third-order valence-electron chi connectivity index (χ3n) is 1.91. The molecule has 0 saturated carbocycles. The minimum Gasteiger partial charge on any atom is -0.550 e. The molecule has 12 heavy (non-hydrogen) atoms. The van der Waals surface area contributed by atoms with Gasteiger partial charge in [0.05, 0.1) is 0 Å². The van der Waals surface area contributed by atoms with Gasteiger partial charge in [-0.1, -0.05) is 13.3 Å². The van der Waals surface area contributed by atoms with E-state index in [0.717, 1.165) is 12.8 Å². The fraction of sp³-hybridized carbons (Fsp3) is 0.778. The number of carbonyl (C=O) groups is 2. The average molecular weight is 171 g/mol. The van der Waals surface area contributed by atoms with Crippen molar-refractivity contribution in [2.24, 2.45) is 5.92 Å². The van der Waals surface area contributed by atoms with Gasteiger partial charge in [-0.05, 0) is 26.2 Å². The van der Waals surface area contributed by atoms with Crippen LogP contribution in [0.15, 0.2) is 0 Å². The third-order valence-corrected chi connectivity index (χ3v) is 1.91. The van der Waals surface area contributed by atoms with Gasteiger partial charge in [0.2, 0.25) is 0 Å². The maximum absolute atomic E-state index is 10.9. The van der Waals surface area contributed by atoms with Gasteiger partial charge in [-0.3, -0.25) is 4.79 Å². The lowest BCUT2D eigenvalue weighted by Crippen LogP contribution is -2.24. The lowest BCUT2D eigenvalue weighted by molar-refractivity contribution is -0.305. The third kappa shape index (κ3) is 4.88. The van der Waals surface area contributed by atoms with Crippen LogP contribution in [0.2, 0.25) is 0 Å². The normalized spacial score (nSPS) is 12.5. The van der Waals surface area contributed by atoms with Crippen LogP contribution in [-0.2, 0) is 9.59 Å². The molecule has 0 aromatic carbocycles. The molecule has 0 bridgehead atoms. The highest BCUT2D eigenvalue weighted by Crippen LogP contribution is 2.13. The highest BCUT2D eigenvalue weighted by Gasteiger charge is 2.12. The monoisotopic (exact) mass is 171 g/mol. The van der Waals surface area contributed by atoms with E-state index >= 15 is 0 Å². The molecule has 0 aliphatic carbocycles. The molecule has 0 aromatic heterocycles. The molecule has 0 aliphatic heterocycles. The molecule has 0 rings (SSSR count). The highest BCUT2D eigenvalue weighted by molar-refractivity contribution is 5.78. The Hall–Kier alpha value is -0.860. The van der Waals surface area contributed by atoms with Gasteiger partial charge in [0.25, 0.3) is 0 Å². The SMILES string of the molecule is CCC[C@H](CCC(=O)[O-])C(C)=O. The van der Waals surface area contributed by atoms with E-state index in [9.17, 15) is 14.7 Å². The fourth-order valence-electron chi connectivity index (χ4n) is 1.19. The summed E-state index contributed by atoms with van der Waals surface area (Å²) in [5, 5.41) is 10.1. The van der Waals surface area contributed by atoms with Gasteiger partial charge in [0.1, 0.15) is 5.78 Å². The van der Waals surface area contributed by atoms with E-state index in [1.54, 1.807) is 0 Å². The summed E-state index contributed by atoms with van der Waals surface area (Å²) in [4.78, 5) is 21.0. The second kappa shape index (κ2) is 5.75. The largest absolute Gasteiger partial charge is 0.550 e. The van der Waals surface area contributed by atoms with E-state index in [0.29, 0.717) is 6.42 Å². The molecule has 0 saturated heterocycles. The highest BCUT2D eigenvalue weighted by atomic mass is 16.4. The van der Waals surface area contributed by atoms with E-state index in [1.807, 2.05) is 6.92 Å². The summed E-state index contributed by atoms with van der Waals surface area (Å²) < 4.78 is 0. The minimum atomic E-state index is -1.07. The molecule has 0 aliphatic rings. The van der Waals surface area contributed by atoms with Crippen LogP contribution in [0.5, 0.6) is 0 Å². The Kier molecular flexibility index (Phi) is 5.34. The van der Waals surface area contributed by atoms with Crippen LogP contribution in [0.4, 0.5) is 0 Å². The second-order valence-corrected chi connectivity index (χ2v) is 3.01. The quantitative estimate of drug-likeness (QED) is 0.585. The van der Waals surface area contributed by atoms with Gasteiger partial charge in [-0.2, -0.15) is 0 Å². The van der Waals surface area contributed by atoms with E-state index in [1.165, 1.54) is 6.92 Å². The van der Waals surface area contributed by atoms with Crippen molar-refractivity contribution >= 4 is 11.8 Å². The van der Waals surface area contributed by atoms with Gasteiger partial charge < -0.3 is 9.90 Å². The zero-order chi connectivity index (χ0) is 9.56. The standard InChI is InChI=1S/C9H16O3/c1-3-4-8(7(2)10)5-6-9(11)12/h8H,3-6H2,1-2H3,(H,11,12)/p-1/t8-/m1/s1. The Morgan fingerprint density at radius 2 is 1.92 bits per heavy atom. The number of carboxylic acids is 1. The minimum absolute atomic E-state index is 0.00968. The molecule has 3 nitrogen and oxygen atoms in total. The number of aliphatic carboxylic acids is 1. The van der Waals surface area contributed by atoms with Gasteiger partial charge in [0, 0.05) is 11.9 Å². The fourth-order valence-corrected chi connectivity index (χ4v) is 1.19. The summed E-state index contributed by atoms with van der Waals surface area (Å²) in [6, 6.07) is 0. The summed E-state index contributed by atoms with van der Waals surface area (Å²) in [6.45, 7) is 3.49. The van der Waals surface area contributed by atoms with Crippen LogP contribution >= 0.6 is 0 Å². The Labute approximate surface area is 72.8 Å². The molecular weight excluding hydrogens is 156 g/mol. The molecular formula is C9H15O3-. The van der Waals surface area contributed by atoms with Gasteiger partial charge in [0.15, 0.2) is 0 Å². The summed E-state index contributed by atoms with van der Waals surface area (Å²) in [5.74, 6) is -1.08. The number of carbonyl (C=O) groups excluding carboxylic acids is 2. The van der Waals surface area contributed by atoms with Crippen LogP contribution in [-0.4, -0.2) is 11.8 Å². The molecule has 0 amide bonds. The van der Waals surface area contributed by atoms with Crippen molar-refractivity contribution in [3.8, 4) is 0 Å². The van der Waals surface area contributed by atoms with Crippen molar-refractivity contribution in [2.75, 3.05) is 0 Å². The maximum atomic E-state index is 10.9. The van der Waals surface area contributed by atoms with Crippen LogP contribution in [0.25, 0.3) is 0 Å². The Bertz CT molecular complexity index is 163. The van der Waals surface area contributed by atoms with E-state index in [2.05, 4.69) is 0 Å². The molecule has 0 unspecified atom stereocenters. The Balaban J connectivity index is 3.79. The molecule has 3 heteroatoms. The van der Waals surface area contributed by atoms with Crippen molar-refractivity contribution in [1.29, 1.82) is 0 Å². The Morgan fingerprint density at radius 3 is 2.25 bits per heavy atom. The zero-order valence-corrected chi connectivity index (χ0v) is 7.63. The first-order valence-corrected chi connectivity index (χ1v) is 4.28. The van der Waals surface area contributed by atoms with Crippen LogP contribution < -0.4 is 5.11 Å². The molecule has 0 heterocycles. The second-order valence-electron chi connectivity index (χ2n) is 3.01. The molecule has 0 N–H and O–H groups in total. The lowest BCUT2D eigenvalue weighted by atomic mass is 9.94. The maximum Gasteiger partial charge on any atom is 0.132 e. The van der Waals surface area contributed by atoms with E-state index in [4.69, 9.17) is 0 Å². The predicted molar refractivity (Wildman–Crippen MR) is 43.3 cm³/mol. The average Bonchev–Trinajstić information content (AvgIpc) is 1.96. The van der Waals surface area contributed by atoms with Crippen molar-refractivity contribution in [3.63, 3.8) is 0 Å². The van der Waals surface area contributed by atoms with Gasteiger partial charge >= 0.3 is 0 Å². The molecule has 70 valence electrons. The smallest absolute Gasteiger partial charge is 0.132 e. The topological polar surface area (TPSA) is 57.2 Å². The van der Waals surface area contributed by atoms with Gasteiger partial charge in [-0.15, -0.1) is 0 Å². The first kappa shape index (κ1) is 11.1. The van der Waals surface area contributed by atoms with E-state index < -0.39 is 5.97 Å². The number of hydrogen-bond acceptors (Lipinski definition) is 3. The Morgan fingerprint density at radius 1 is 1.33 bits per heavy atom. The molecule has 0 fully saturated rings. The van der Waals surface area contributed by atoms with Crippen molar-refractivity contribution in [1.82, 2.24) is 0 Å². The number of Topliss-reactive ketones (excluding diaryl/α,β-unsaturated/α-hetero) is 1. The summed E-state index contributed by atoms with van der Waals surface area (Å²) in [5.41, 5.74) is 0. The van der Waals surface area contributed by atoms with Gasteiger partial charge in [-0.25, -0.2) is 0 Å². The lowest BCUT2D eigenvalue weighted by Gasteiger charge is -2.12. The molecule has 1 atom stereocenters. The molecule has 0 spiro atoms. The molecule has 0 aromatic rings. The summed E-state index contributed by atoms with van der Waals surface area (Å²) >= 11 is 0. The van der Waals surface area contributed by atoms with Crippen LogP contribution in [0.3, 0.4) is 0 Å². The number of carboxylic acid groups (broad SMARTS) is 1. The van der Waals surface area contributed by atoms with Crippen LogP contribution in [0, 0.1) is 5.92 Å².